The number of nitrogens with one attached hydrogen (secondary N) is 2. The summed E-state index contributed by atoms with van der Waals surface area (Å²) >= 11 is 0. The Labute approximate surface area is 165 Å². The highest BCUT2D eigenvalue weighted by atomic mass is 19.4. The lowest BCUT2D eigenvalue weighted by molar-refractivity contribution is -0.137. The molecule has 4 rings (SSSR count). The molecule has 0 bridgehead atoms. The lowest BCUT2D eigenvalue weighted by Crippen LogP contribution is -2.22. The van der Waals surface area contributed by atoms with Crippen LogP contribution in [0.25, 0.3) is 0 Å². The van der Waals surface area contributed by atoms with Gasteiger partial charge in [-0.2, -0.15) is 23.3 Å². The zero-order chi connectivity index (χ0) is 20.6. The first-order valence-corrected chi connectivity index (χ1v) is 9.38. The highest BCUT2D eigenvalue weighted by Crippen LogP contribution is 2.34. The summed E-state index contributed by atoms with van der Waals surface area (Å²) in [4.78, 5) is 12.3. The monoisotopic (exact) mass is 406 g/mol. The van der Waals surface area contributed by atoms with Crippen molar-refractivity contribution in [2.24, 2.45) is 0 Å². The SMILES string of the molecule is CCNc1nc(Nc2cn([C@H]3CCCn4ccnc43)nc2C)ncc1C(F)(F)F. The fourth-order valence-electron chi connectivity index (χ4n) is 3.48. The highest BCUT2D eigenvalue weighted by molar-refractivity contribution is 5.58. The molecule has 0 saturated heterocycles. The van der Waals surface area contributed by atoms with E-state index < -0.39 is 11.7 Å². The summed E-state index contributed by atoms with van der Waals surface area (Å²) in [6.45, 7) is 4.77. The summed E-state index contributed by atoms with van der Waals surface area (Å²) in [7, 11) is 0. The Morgan fingerprint density at radius 1 is 1.28 bits per heavy atom. The summed E-state index contributed by atoms with van der Waals surface area (Å²) in [6.07, 6.45) is 3.74. The minimum absolute atomic E-state index is 0.0128. The number of fused-ring (bicyclic) bond motifs is 1. The summed E-state index contributed by atoms with van der Waals surface area (Å²) in [5.74, 6) is 0.768. The van der Waals surface area contributed by atoms with Crippen molar-refractivity contribution in [3.8, 4) is 0 Å². The first-order chi connectivity index (χ1) is 13.9. The second-order valence-corrected chi connectivity index (χ2v) is 6.85. The molecular formula is C18H21F3N8. The number of hydrogen-bond acceptors (Lipinski definition) is 6. The van der Waals surface area contributed by atoms with Gasteiger partial charge in [0.2, 0.25) is 5.95 Å². The molecule has 0 unspecified atom stereocenters. The Morgan fingerprint density at radius 3 is 2.86 bits per heavy atom. The second kappa shape index (κ2) is 7.37. The molecule has 11 heteroatoms. The van der Waals surface area contributed by atoms with E-state index in [9.17, 15) is 13.2 Å². The number of halogens is 3. The van der Waals surface area contributed by atoms with E-state index in [2.05, 4.69) is 35.3 Å². The molecule has 4 heterocycles. The summed E-state index contributed by atoms with van der Waals surface area (Å²) in [5.41, 5.74) is 0.435. The average Bonchev–Trinajstić information content (AvgIpc) is 3.28. The van der Waals surface area contributed by atoms with Crippen molar-refractivity contribution < 1.29 is 13.2 Å². The minimum Gasteiger partial charge on any atom is -0.370 e. The molecule has 2 N–H and O–H groups in total. The van der Waals surface area contributed by atoms with Crippen LogP contribution in [0.4, 0.5) is 30.6 Å². The standard InChI is InChI=1S/C18H21F3N8/c1-3-22-15-12(18(19,20)21)9-24-17(26-15)25-13-10-29(27-11(13)2)14-5-4-7-28-8-6-23-16(14)28/h6,8-10,14H,3-5,7H2,1-2H3,(H2,22,24,25,26)/t14-/m0/s1. The fraction of sp³-hybridized carbons (Fsp3) is 0.444. The number of aryl methyl sites for hydroxylation is 2. The van der Waals surface area contributed by atoms with Crippen LogP contribution < -0.4 is 10.6 Å². The molecule has 0 radical (unpaired) electrons. The molecule has 0 saturated carbocycles. The van der Waals surface area contributed by atoms with Gasteiger partial charge in [0.25, 0.3) is 0 Å². The van der Waals surface area contributed by atoms with E-state index in [1.54, 1.807) is 13.1 Å². The Morgan fingerprint density at radius 2 is 2.10 bits per heavy atom. The van der Waals surface area contributed by atoms with Gasteiger partial charge in [-0.1, -0.05) is 0 Å². The van der Waals surface area contributed by atoms with Crippen LogP contribution in [0.3, 0.4) is 0 Å². The van der Waals surface area contributed by atoms with Crippen molar-refractivity contribution in [3.63, 3.8) is 0 Å². The first kappa shape index (κ1) is 19.2. The van der Waals surface area contributed by atoms with Crippen LogP contribution in [0.5, 0.6) is 0 Å². The maximum absolute atomic E-state index is 13.1. The molecule has 8 nitrogen and oxygen atoms in total. The van der Waals surface area contributed by atoms with E-state index in [1.807, 2.05) is 24.0 Å². The molecule has 0 aliphatic carbocycles. The molecule has 1 atom stereocenters. The van der Waals surface area contributed by atoms with E-state index in [0.717, 1.165) is 31.4 Å². The molecule has 3 aromatic rings. The minimum atomic E-state index is -4.53. The molecule has 1 aliphatic rings. The molecule has 0 aromatic carbocycles. The van der Waals surface area contributed by atoms with Crippen molar-refractivity contribution in [3.05, 3.63) is 41.9 Å². The molecule has 0 fully saturated rings. The number of nitrogens with zero attached hydrogens (tertiary/aromatic N) is 6. The number of hydrogen-bond donors (Lipinski definition) is 2. The van der Waals surface area contributed by atoms with Gasteiger partial charge in [0.15, 0.2) is 0 Å². The lowest BCUT2D eigenvalue weighted by Gasteiger charge is -2.23. The Hall–Kier alpha value is -3.11. The van der Waals surface area contributed by atoms with E-state index >= 15 is 0 Å². The number of alkyl halides is 3. The van der Waals surface area contributed by atoms with Crippen LogP contribution in [0.2, 0.25) is 0 Å². The molecule has 0 amide bonds. The van der Waals surface area contributed by atoms with Gasteiger partial charge in [0, 0.05) is 37.9 Å². The van der Waals surface area contributed by atoms with Crippen LogP contribution in [-0.4, -0.2) is 35.8 Å². The van der Waals surface area contributed by atoms with Crippen molar-refractivity contribution >= 4 is 17.5 Å². The number of imidazole rings is 1. The third-order valence-corrected chi connectivity index (χ3v) is 4.84. The number of aromatic nitrogens is 6. The van der Waals surface area contributed by atoms with E-state index in [1.165, 1.54) is 0 Å². The van der Waals surface area contributed by atoms with Gasteiger partial charge < -0.3 is 15.2 Å². The molecule has 0 spiro atoms. The van der Waals surface area contributed by atoms with Gasteiger partial charge in [-0.05, 0) is 26.7 Å². The summed E-state index contributed by atoms with van der Waals surface area (Å²) < 4.78 is 43.4. The van der Waals surface area contributed by atoms with Gasteiger partial charge in [-0.25, -0.2) is 9.97 Å². The van der Waals surface area contributed by atoms with Crippen LogP contribution in [0.1, 0.15) is 42.9 Å². The van der Waals surface area contributed by atoms with Crippen molar-refractivity contribution in [1.29, 1.82) is 0 Å². The van der Waals surface area contributed by atoms with Gasteiger partial charge in [-0.15, -0.1) is 0 Å². The van der Waals surface area contributed by atoms with Crippen LogP contribution in [0.15, 0.2) is 24.8 Å². The third-order valence-electron chi connectivity index (χ3n) is 4.84. The van der Waals surface area contributed by atoms with Gasteiger partial charge in [-0.3, -0.25) is 4.68 Å². The zero-order valence-corrected chi connectivity index (χ0v) is 16.0. The molecule has 154 valence electrons. The second-order valence-electron chi connectivity index (χ2n) is 6.85. The van der Waals surface area contributed by atoms with Gasteiger partial charge >= 0.3 is 6.18 Å². The Balaban J connectivity index is 1.61. The molecule has 29 heavy (non-hydrogen) atoms. The van der Waals surface area contributed by atoms with Crippen LogP contribution >= 0.6 is 0 Å². The number of anilines is 3. The maximum atomic E-state index is 13.1. The predicted molar refractivity (Wildman–Crippen MR) is 101 cm³/mol. The van der Waals surface area contributed by atoms with E-state index in [4.69, 9.17) is 0 Å². The van der Waals surface area contributed by atoms with Crippen molar-refractivity contribution in [2.45, 2.75) is 45.5 Å². The largest absolute Gasteiger partial charge is 0.421 e. The number of rotatable bonds is 5. The van der Waals surface area contributed by atoms with Gasteiger partial charge in [0.05, 0.1) is 11.4 Å². The third kappa shape index (κ3) is 3.76. The quantitative estimate of drug-likeness (QED) is 0.671. The summed E-state index contributed by atoms with van der Waals surface area (Å²) in [6, 6.07) is 0.0128. The maximum Gasteiger partial charge on any atom is 0.421 e. The normalized spacial score (nSPS) is 16.5. The molecule has 3 aromatic heterocycles. The van der Waals surface area contributed by atoms with Crippen LogP contribution in [-0.2, 0) is 12.7 Å². The van der Waals surface area contributed by atoms with E-state index in [0.29, 0.717) is 17.9 Å². The zero-order valence-electron chi connectivity index (χ0n) is 16.0. The van der Waals surface area contributed by atoms with Crippen molar-refractivity contribution in [2.75, 3.05) is 17.2 Å². The Kier molecular flexibility index (Phi) is 4.89. The van der Waals surface area contributed by atoms with Crippen molar-refractivity contribution in [1.82, 2.24) is 29.3 Å². The molecule has 1 aliphatic heterocycles. The lowest BCUT2D eigenvalue weighted by atomic mass is 10.1. The highest BCUT2D eigenvalue weighted by Gasteiger charge is 2.35. The smallest absolute Gasteiger partial charge is 0.370 e. The fourth-order valence-corrected chi connectivity index (χ4v) is 3.48. The summed E-state index contributed by atoms with van der Waals surface area (Å²) in [5, 5.41) is 10.2. The van der Waals surface area contributed by atoms with Crippen LogP contribution in [0, 0.1) is 6.92 Å². The average molecular weight is 406 g/mol. The van der Waals surface area contributed by atoms with E-state index in [-0.39, 0.29) is 17.8 Å². The first-order valence-electron chi connectivity index (χ1n) is 9.38. The topological polar surface area (TPSA) is 85.5 Å². The van der Waals surface area contributed by atoms with Gasteiger partial charge in [0.1, 0.15) is 23.2 Å². The molecular weight excluding hydrogens is 385 g/mol. The predicted octanol–water partition coefficient (Wildman–Crippen LogP) is 3.76. The Bertz CT molecular complexity index is 1010.